The largest absolute Gasteiger partial charge is 0.391 e. The number of β-amino-alcohol motifs (C(OH)–C–C–N with tert-alkyl or cyclic N) is 1. The van der Waals surface area contributed by atoms with Gasteiger partial charge >= 0.3 is 0 Å². The molecule has 0 aliphatic carbocycles. The molecule has 156 valence electrons. The van der Waals surface area contributed by atoms with Gasteiger partial charge in [-0.25, -0.2) is 4.98 Å². The third-order valence-corrected chi connectivity index (χ3v) is 6.08. The van der Waals surface area contributed by atoms with Crippen LogP contribution in [0.2, 0.25) is 0 Å². The standard InChI is InChI=1S/C23H27N5OS/c29-21(17-27-13-15-28(16-14-27)20-9-5-2-6-10-20)18-30-23-24-22(25-26-23)12-11-19-7-3-1-4-8-19/h1-12,21,29H,13-18H2,(H,24,25,26)/b12-11-. The van der Waals surface area contributed by atoms with Gasteiger partial charge in [0.1, 0.15) is 5.82 Å². The van der Waals surface area contributed by atoms with Gasteiger partial charge in [0, 0.05) is 44.2 Å². The fraction of sp³-hybridized carbons (Fsp3) is 0.304. The average molecular weight is 422 g/mol. The normalized spacial score (nSPS) is 16.2. The van der Waals surface area contributed by atoms with Gasteiger partial charge in [-0.1, -0.05) is 66.4 Å². The number of aliphatic hydroxyl groups excluding tert-OH is 1. The van der Waals surface area contributed by atoms with Gasteiger partial charge in [-0.05, 0) is 23.8 Å². The van der Waals surface area contributed by atoms with Gasteiger partial charge in [0.2, 0.25) is 5.16 Å². The number of nitrogens with zero attached hydrogens (tertiary/aromatic N) is 4. The van der Waals surface area contributed by atoms with Crippen LogP contribution in [0.25, 0.3) is 12.2 Å². The first-order valence-corrected chi connectivity index (χ1v) is 11.2. The van der Waals surface area contributed by atoms with E-state index in [0.29, 0.717) is 23.3 Å². The molecule has 0 bridgehead atoms. The molecule has 0 amide bonds. The maximum absolute atomic E-state index is 10.4. The van der Waals surface area contributed by atoms with Crippen molar-refractivity contribution in [2.75, 3.05) is 43.4 Å². The van der Waals surface area contributed by atoms with Crippen molar-refractivity contribution < 1.29 is 5.11 Å². The third kappa shape index (κ3) is 5.95. The molecule has 1 unspecified atom stereocenters. The molecule has 1 atom stereocenters. The number of hydrogen-bond acceptors (Lipinski definition) is 6. The van der Waals surface area contributed by atoms with E-state index in [0.717, 1.165) is 31.7 Å². The SMILES string of the molecule is OC(CSc1n[nH]c(/C=C\c2ccccc2)n1)CN1CCN(c2ccccc2)CC1. The minimum Gasteiger partial charge on any atom is -0.391 e. The van der Waals surface area contributed by atoms with E-state index in [1.165, 1.54) is 17.4 Å². The number of aliphatic hydroxyl groups is 1. The van der Waals surface area contributed by atoms with Crippen LogP contribution < -0.4 is 4.90 Å². The van der Waals surface area contributed by atoms with Gasteiger partial charge < -0.3 is 10.0 Å². The maximum atomic E-state index is 10.4. The highest BCUT2D eigenvalue weighted by molar-refractivity contribution is 7.99. The number of piperazine rings is 1. The highest BCUT2D eigenvalue weighted by Crippen LogP contribution is 2.18. The lowest BCUT2D eigenvalue weighted by Gasteiger charge is -2.36. The molecule has 30 heavy (non-hydrogen) atoms. The molecule has 2 N–H and O–H groups in total. The molecule has 0 saturated carbocycles. The molecule has 0 spiro atoms. The molecule has 6 nitrogen and oxygen atoms in total. The fourth-order valence-corrected chi connectivity index (χ4v) is 4.21. The van der Waals surface area contributed by atoms with Crippen molar-refractivity contribution in [3.05, 3.63) is 72.1 Å². The Balaban J connectivity index is 1.19. The fourth-order valence-electron chi connectivity index (χ4n) is 3.49. The maximum Gasteiger partial charge on any atom is 0.208 e. The van der Waals surface area contributed by atoms with Crippen LogP contribution in [0.15, 0.2) is 65.8 Å². The summed E-state index contributed by atoms with van der Waals surface area (Å²) in [5.41, 5.74) is 2.39. The van der Waals surface area contributed by atoms with Crippen LogP contribution in [0.1, 0.15) is 11.4 Å². The van der Waals surface area contributed by atoms with E-state index in [-0.39, 0.29) is 0 Å². The number of nitrogens with one attached hydrogen (secondary N) is 1. The van der Waals surface area contributed by atoms with Crippen LogP contribution in [-0.4, -0.2) is 69.8 Å². The van der Waals surface area contributed by atoms with Crippen LogP contribution >= 0.6 is 11.8 Å². The molecule has 1 aliphatic rings. The summed E-state index contributed by atoms with van der Waals surface area (Å²) in [7, 11) is 0. The van der Waals surface area contributed by atoms with E-state index in [1.807, 2.05) is 48.6 Å². The Hall–Kier alpha value is -2.61. The van der Waals surface area contributed by atoms with Gasteiger partial charge in [-0.3, -0.25) is 10.00 Å². The number of rotatable bonds is 8. The number of H-pyrrole nitrogens is 1. The summed E-state index contributed by atoms with van der Waals surface area (Å²) in [6.07, 6.45) is 3.51. The van der Waals surface area contributed by atoms with Crippen molar-refractivity contribution in [2.24, 2.45) is 0 Å². The van der Waals surface area contributed by atoms with Crippen molar-refractivity contribution in [1.29, 1.82) is 0 Å². The highest BCUT2D eigenvalue weighted by Gasteiger charge is 2.19. The second-order valence-electron chi connectivity index (χ2n) is 7.34. The van der Waals surface area contributed by atoms with Crippen LogP contribution in [-0.2, 0) is 0 Å². The van der Waals surface area contributed by atoms with E-state index in [4.69, 9.17) is 0 Å². The van der Waals surface area contributed by atoms with Crippen LogP contribution in [0.3, 0.4) is 0 Å². The first-order valence-electron chi connectivity index (χ1n) is 10.2. The summed E-state index contributed by atoms with van der Waals surface area (Å²) in [6.45, 7) is 4.59. The average Bonchev–Trinajstić information content (AvgIpc) is 3.26. The number of hydrogen-bond donors (Lipinski definition) is 2. The second kappa shape index (κ2) is 10.4. The first-order chi connectivity index (χ1) is 14.8. The zero-order valence-corrected chi connectivity index (χ0v) is 17.7. The van der Waals surface area contributed by atoms with Gasteiger partial charge in [0.25, 0.3) is 0 Å². The number of aromatic nitrogens is 3. The molecule has 2 heterocycles. The van der Waals surface area contributed by atoms with E-state index in [1.54, 1.807) is 0 Å². The first kappa shape index (κ1) is 20.7. The van der Waals surface area contributed by atoms with Crippen LogP contribution in [0.5, 0.6) is 0 Å². The van der Waals surface area contributed by atoms with Crippen molar-refractivity contribution in [2.45, 2.75) is 11.3 Å². The quantitative estimate of drug-likeness (QED) is 0.544. The number of aromatic amines is 1. The van der Waals surface area contributed by atoms with Gasteiger partial charge in [-0.2, -0.15) is 0 Å². The summed E-state index contributed by atoms with van der Waals surface area (Å²) in [5.74, 6) is 1.30. The zero-order valence-electron chi connectivity index (χ0n) is 16.9. The molecular weight excluding hydrogens is 394 g/mol. The number of benzene rings is 2. The summed E-state index contributed by atoms with van der Waals surface area (Å²) in [4.78, 5) is 9.19. The Morgan fingerprint density at radius 3 is 2.40 bits per heavy atom. The van der Waals surface area contributed by atoms with Crippen molar-refractivity contribution >= 4 is 29.6 Å². The number of para-hydroxylation sites is 1. The van der Waals surface area contributed by atoms with Crippen molar-refractivity contribution in [3.8, 4) is 0 Å². The lowest BCUT2D eigenvalue weighted by molar-refractivity contribution is 0.126. The number of anilines is 1. The monoisotopic (exact) mass is 421 g/mol. The molecule has 1 aromatic heterocycles. The Morgan fingerprint density at radius 2 is 1.67 bits per heavy atom. The van der Waals surface area contributed by atoms with E-state index >= 15 is 0 Å². The van der Waals surface area contributed by atoms with Crippen molar-refractivity contribution in [1.82, 2.24) is 20.1 Å². The molecule has 3 aromatic rings. The third-order valence-electron chi connectivity index (χ3n) is 5.08. The smallest absolute Gasteiger partial charge is 0.208 e. The highest BCUT2D eigenvalue weighted by atomic mass is 32.2. The molecule has 0 radical (unpaired) electrons. The van der Waals surface area contributed by atoms with Gasteiger partial charge in [-0.15, -0.1) is 5.10 Å². The Kier molecular flexibility index (Phi) is 7.18. The summed E-state index contributed by atoms with van der Waals surface area (Å²) < 4.78 is 0. The lowest BCUT2D eigenvalue weighted by atomic mass is 10.2. The molecule has 7 heteroatoms. The van der Waals surface area contributed by atoms with E-state index in [9.17, 15) is 5.11 Å². The molecule has 1 fully saturated rings. The van der Waals surface area contributed by atoms with Crippen LogP contribution in [0, 0.1) is 0 Å². The minimum atomic E-state index is -0.403. The predicted molar refractivity (Wildman–Crippen MR) is 124 cm³/mol. The molecule has 2 aromatic carbocycles. The van der Waals surface area contributed by atoms with E-state index < -0.39 is 6.10 Å². The predicted octanol–water partition coefficient (Wildman–Crippen LogP) is 3.25. The Labute approximate surface area is 181 Å². The molecule has 4 rings (SSSR count). The van der Waals surface area contributed by atoms with Crippen LogP contribution in [0.4, 0.5) is 5.69 Å². The van der Waals surface area contributed by atoms with Gasteiger partial charge in [0.05, 0.1) is 6.10 Å². The zero-order chi connectivity index (χ0) is 20.6. The summed E-state index contributed by atoms with van der Waals surface area (Å²) in [5, 5.41) is 18.3. The molecular formula is C23H27N5OS. The van der Waals surface area contributed by atoms with E-state index in [2.05, 4.69) is 49.2 Å². The Bertz CT molecular complexity index is 923. The Morgan fingerprint density at radius 1 is 0.967 bits per heavy atom. The summed E-state index contributed by atoms with van der Waals surface area (Å²) >= 11 is 1.48. The second-order valence-corrected chi connectivity index (χ2v) is 8.32. The minimum absolute atomic E-state index is 0.403. The molecule has 1 saturated heterocycles. The topological polar surface area (TPSA) is 68.3 Å². The van der Waals surface area contributed by atoms with Crippen molar-refractivity contribution in [3.63, 3.8) is 0 Å². The van der Waals surface area contributed by atoms with Gasteiger partial charge in [0.15, 0.2) is 0 Å². The summed E-state index contributed by atoms with van der Waals surface area (Å²) in [6, 6.07) is 20.6. The lowest BCUT2D eigenvalue weighted by Crippen LogP contribution is -2.48. The molecule has 1 aliphatic heterocycles. The number of thioether (sulfide) groups is 1.